The van der Waals surface area contributed by atoms with Gasteiger partial charge in [-0.2, -0.15) is 0 Å². The van der Waals surface area contributed by atoms with Gasteiger partial charge in [-0.25, -0.2) is 9.97 Å². The zero-order valence-electron chi connectivity index (χ0n) is 10.5. The molecule has 0 spiro atoms. The summed E-state index contributed by atoms with van der Waals surface area (Å²) in [6.07, 6.45) is 3.25. The molecule has 1 aromatic heterocycles. The molecule has 0 saturated carbocycles. The summed E-state index contributed by atoms with van der Waals surface area (Å²) in [6, 6.07) is 0. The molecule has 1 aromatic rings. The Hall–Kier alpha value is -0.960. The molecule has 0 aliphatic carbocycles. The van der Waals surface area contributed by atoms with Crippen molar-refractivity contribution < 1.29 is 0 Å². The molecular formula is C13H21N3. The van der Waals surface area contributed by atoms with Crippen LogP contribution in [0.3, 0.4) is 0 Å². The average molecular weight is 219 g/mol. The number of fused-ring (bicyclic) bond motifs is 1. The topological polar surface area (TPSA) is 37.8 Å². The molecule has 1 aliphatic rings. The molecule has 0 radical (unpaired) electrons. The van der Waals surface area contributed by atoms with Gasteiger partial charge in [0.1, 0.15) is 5.82 Å². The Morgan fingerprint density at radius 2 is 2.12 bits per heavy atom. The Morgan fingerprint density at radius 3 is 2.88 bits per heavy atom. The standard InChI is InChI=1S/C13H21N3/c1-9(2)4-5-13-15-10(3)11-6-7-14-8-12(11)16-13/h9,14H,4-8H2,1-3H3. The Kier molecular flexibility index (Phi) is 3.54. The first-order valence-corrected chi connectivity index (χ1v) is 6.23. The van der Waals surface area contributed by atoms with Crippen molar-refractivity contribution in [2.45, 2.75) is 46.6 Å². The van der Waals surface area contributed by atoms with Crippen LogP contribution in [0.4, 0.5) is 0 Å². The first-order chi connectivity index (χ1) is 7.66. The third-order valence-corrected chi connectivity index (χ3v) is 3.14. The van der Waals surface area contributed by atoms with Crippen molar-refractivity contribution in [2.75, 3.05) is 6.54 Å². The van der Waals surface area contributed by atoms with E-state index in [2.05, 4.69) is 36.1 Å². The van der Waals surface area contributed by atoms with Crippen LogP contribution in [0, 0.1) is 12.8 Å². The van der Waals surface area contributed by atoms with Crippen molar-refractivity contribution in [3.8, 4) is 0 Å². The lowest BCUT2D eigenvalue weighted by Gasteiger charge is -2.18. The largest absolute Gasteiger partial charge is 0.311 e. The molecule has 3 heteroatoms. The summed E-state index contributed by atoms with van der Waals surface area (Å²) in [7, 11) is 0. The van der Waals surface area contributed by atoms with Crippen molar-refractivity contribution in [3.63, 3.8) is 0 Å². The molecule has 1 N–H and O–H groups in total. The molecule has 0 fully saturated rings. The molecule has 16 heavy (non-hydrogen) atoms. The van der Waals surface area contributed by atoms with Gasteiger partial charge in [-0.1, -0.05) is 13.8 Å². The molecule has 0 amide bonds. The van der Waals surface area contributed by atoms with Gasteiger partial charge in [0.2, 0.25) is 0 Å². The van der Waals surface area contributed by atoms with Gasteiger partial charge in [0, 0.05) is 18.7 Å². The van der Waals surface area contributed by atoms with E-state index in [1.807, 2.05) is 0 Å². The molecule has 88 valence electrons. The third kappa shape index (κ3) is 2.59. The number of hydrogen-bond acceptors (Lipinski definition) is 3. The maximum Gasteiger partial charge on any atom is 0.128 e. The Morgan fingerprint density at radius 1 is 1.31 bits per heavy atom. The van der Waals surface area contributed by atoms with Crippen LogP contribution in [0.25, 0.3) is 0 Å². The van der Waals surface area contributed by atoms with Crippen molar-refractivity contribution >= 4 is 0 Å². The fourth-order valence-corrected chi connectivity index (χ4v) is 2.14. The van der Waals surface area contributed by atoms with E-state index in [1.54, 1.807) is 0 Å². The van der Waals surface area contributed by atoms with E-state index < -0.39 is 0 Å². The quantitative estimate of drug-likeness (QED) is 0.845. The maximum atomic E-state index is 4.67. The molecule has 0 aromatic carbocycles. The van der Waals surface area contributed by atoms with Crippen LogP contribution < -0.4 is 5.32 Å². The lowest BCUT2D eigenvalue weighted by atomic mass is 10.0. The van der Waals surface area contributed by atoms with Crippen LogP contribution in [0.2, 0.25) is 0 Å². The molecule has 1 aliphatic heterocycles. The lowest BCUT2D eigenvalue weighted by molar-refractivity contribution is 0.563. The number of nitrogens with one attached hydrogen (secondary N) is 1. The monoisotopic (exact) mass is 219 g/mol. The van der Waals surface area contributed by atoms with Gasteiger partial charge >= 0.3 is 0 Å². The van der Waals surface area contributed by atoms with Gasteiger partial charge in [-0.3, -0.25) is 0 Å². The van der Waals surface area contributed by atoms with Crippen LogP contribution >= 0.6 is 0 Å². The minimum Gasteiger partial charge on any atom is -0.311 e. The smallest absolute Gasteiger partial charge is 0.128 e. The second-order valence-electron chi connectivity index (χ2n) is 5.01. The molecule has 0 atom stereocenters. The fourth-order valence-electron chi connectivity index (χ4n) is 2.14. The van der Waals surface area contributed by atoms with Crippen LogP contribution in [0.15, 0.2) is 0 Å². The van der Waals surface area contributed by atoms with E-state index in [-0.39, 0.29) is 0 Å². The normalized spacial score (nSPS) is 15.2. The maximum absolute atomic E-state index is 4.67. The van der Waals surface area contributed by atoms with Crippen molar-refractivity contribution in [1.82, 2.24) is 15.3 Å². The number of nitrogens with zero attached hydrogens (tertiary/aromatic N) is 2. The second kappa shape index (κ2) is 4.91. The minimum atomic E-state index is 0.720. The first-order valence-electron chi connectivity index (χ1n) is 6.23. The summed E-state index contributed by atoms with van der Waals surface area (Å²) in [5.74, 6) is 1.74. The Balaban J connectivity index is 2.18. The predicted octanol–water partition coefficient (Wildman–Crippen LogP) is 2.02. The van der Waals surface area contributed by atoms with Crippen LogP contribution in [0.1, 0.15) is 43.0 Å². The summed E-state index contributed by atoms with van der Waals surface area (Å²) in [5, 5.41) is 3.37. The number of hydrogen-bond donors (Lipinski definition) is 1. The Bertz CT molecular complexity index is 372. The van der Waals surface area contributed by atoms with E-state index in [1.165, 1.54) is 23.4 Å². The number of aryl methyl sites for hydroxylation is 2. The van der Waals surface area contributed by atoms with E-state index in [9.17, 15) is 0 Å². The van der Waals surface area contributed by atoms with Crippen molar-refractivity contribution in [3.05, 3.63) is 22.8 Å². The van der Waals surface area contributed by atoms with E-state index >= 15 is 0 Å². The van der Waals surface area contributed by atoms with Crippen molar-refractivity contribution in [1.29, 1.82) is 0 Å². The molecular weight excluding hydrogens is 198 g/mol. The zero-order valence-corrected chi connectivity index (χ0v) is 10.5. The molecule has 0 saturated heterocycles. The predicted molar refractivity (Wildman–Crippen MR) is 65.3 cm³/mol. The Labute approximate surface area is 97.7 Å². The highest BCUT2D eigenvalue weighted by Gasteiger charge is 2.14. The fraction of sp³-hybridized carbons (Fsp3) is 0.692. The number of rotatable bonds is 3. The highest BCUT2D eigenvalue weighted by molar-refractivity contribution is 5.27. The second-order valence-corrected chi connectivity index (χ2v) is 5.01. The summed E-state index contributed by atoms with van der Waals surface area (Å²) in [6.45, 7) is 8.57. The molecule has 0 unspecified atom stereocenters. The molecule has 3 nitrogen and oxygen atoms in total. The first kappa shape index (κ1) is 11.5. The summed E-state index contributed by atoms with van der Waals surface area (Å²) < 4.78 is 0. The number of aromatic nitrogens is 2. The SMILES string of the molecule is Cc1nc(CCC(C)C)nc2c1CCNC2. The molecule has 2 heterocycles. The van der Waals surface area contributed by atoms with E-state index in [0.29, 0.717) is 0 Å². The van der Waals surface area contributed by atoms with E-state index in [4.69, 9.17) is 0 Å². The van der Waals surface area contributed by atoms with Gasteiger partial charge in [0.15, 0.2) is 0 Å². The van der Waals surface area contributed by atoms with Crippen LogP contribution in [-0.2, 0) is 19.4 Å². The van der Waals surface area contributed by atoms with Gasteiger partial charge in [-0.05, 0) is 37.8 Å². The van der Waals surface area contributed by atoms with Gasteiger partial charge in [0.25, 0.3) is 0 Å². The summed E-state index contributed by atoms with van der Waals surface area (Å²) in [5.41, 5.74) is 3.77. The molecule has 2 rings (SSSR count). The van der Waals surface area contributed by atoms with Crippen LogP contribution in [-0.4, -0.2) is 16.5 Å². The van der Waals surface area contributed by atoms with Crippen molar-refractivity contribution in [2.24, 2.45) is 5.92 Å². The van der Waals surface area contributed by atoms with E-state index in [0.717, 1.165) is 37.7 Å². The van der Waals surface area contributed by atoms with Gasteiger partial charge in [0.05, 0.1) is 5.69 Å². The summed E-state index contributed by atoms with van der Waals surface area (Å²) in [4.78, 5) is 9.29. The van der Waals surface area contributed by atoms with Gasteiger partial charge < -0.3 is 5.32 Å². The zero-order chi connectivity index (χ0) is 11.5. The highest BCUT2D eigenvalue weighted by atomic mass is 15.0. The lowest BCUT2D eigenvalue weighted by Crippen LogP contribution is -2.26. The van der Waals surface area contributed by atoms with Gasteiger partial charge in [-0.15, -0.1) is 0 Å². The minimum absolute atomic E-state index is 0.720. The molecule has 0 bridgehead atoms. The average Bonchev–Trinajstić information content (AvgIpc) is 2.26. The van der Waals surface area contributed by atoms with Crippen LogP contribution in [0.5, 0.6) is 0 Å². The third-order valence-electron chi connectivity index (χ3n) is 3.14. The highest BCUT2D eigenvalue weighted by Crippen LogP contribution is 2.16. The summed E-state index contributed by atoms with van der Waals surface area (Å²) >= 11 is 0.